The summed E-state index contributed by atoms with van der Waals surface area (Å²) < 4.78 is 29.9. The van der Waals surface area contributed by atoms with Crippen LogP contribution in [0.4, 0.5) is 0 Å². The van der Waals surface area contributed by atoms with E-state index in [1.54, 1.807) is 27.6 Å². The fraction of sp³-hybridized carbons (Fsp3) is 0.231. The van der Waals surface area contributed by atoms with Crippen molar-refractivity contribution in [1.82, 2.24) is 24.1 Å². The standard InChI is InChI=1S/C13H15N5O2S2/c1-17-8-13(14-10-17)22(19,20)15-4-6-18-5-2-12(16-18)11-3-7-21-9-11/h2-3,5,7-10,15H,4,6H2,1H3. The monoisotopic (exact) mass is 337 g/mol. The average molecular weight is 337 g/mol. The molecule has 22 heavy (non-hydrogen) atoms. The topological polar surface area (TPSA) is 81.8 Å². The van der Waals surface area contributed by atoms with Gasteiger partial charge >= 0.3 is 0 Å². The lowest BCUT2D eigenvalue weighted by atomic mass is 10.2. The van der Waals surface area contributed by atoms with E-state index in [2.05, 4.69) is 14.8 Å². The Hall–Kier alpha value is -1.97. The number of nitrogens with one attached hydrogen (secondary N) is 1. The Balaban J connectivity index is 1.59. The first-order valence-corrected chi connectivity index (χ1v) is 9.01. The zero-order chi connectivity index (χ0) is 15.6. The molecule has 7 nitrogen and oxygen atoms in total. The van der Waals surface area contributed by atoms with E-state index in [4.69, 9.17) is 0 Å². The van der Waals surface area contributed by atoms with Crippen molar-refractivity contribution in [3.63, 3.8) is 0 Å². The molecule has 3 rings (SSSR count). The van der Waals surface area contributed by atoms with E-state index >= 15 is 0 Å². The molecular weight excluding hydrogens is 322 g/mol. The van der Waals surface area contributed by atoms with Crippen molar-refractivity contribution in [3.05, 3.63) is 41.6 Å². The summed E-state index contributed by atoms with van der Waals surface area (Å²) in [6.07, 6.45) is 4.75. The molecule has 1 N–H and O–H groups in total. The smallest absolute Gasteiger partial charge is 0.259 e. The minimum absolute atomic E-state index is 0.0226. The van der Waals surface area contributed by atoms with Crippen LogP contribution in [0.3, 0.4) is 0 Å². The van der Waals surface area contributed by atoms with Gasteiger partial charge in [-0.25, -0.2) is 18.1 Å². The van der Waals surface area contributed by atoms with Crippen LogP contribution in [0.1, 0.15) is 0 Å². The van der Waals surface area contributed by atoms with Gasteiger partial charge in [-0.1, -0.05) is 0 Å². The van der Waals surface area contributed by atoms with Gasteiger partial charge in [0, 0.05) is 36.9 Å². The highest BCUT2D eigenvalue weighted by Crippen LogP contribution is 2.19. The molecule has 0 fully saturated rings. The zero-order valence-electron chi connectivity index (χ0n) is 11.9. The number of aryl methyl sites for hydroxylation is 1. The van der Waals surface area contributed by atoms with E-state index in [1.165, 1.54) is 12.5 Å². The van der Waals surface area contributed by atoms with Gasteiger partial charge in [0.05, 0.1) is 18.6 Å². The Bertz CT molecular complexity index is 849. The predicted molar refractivity (Wildman–Crippen MR) is 83.9 cm³/mol. The Morgan fingerprint density at radius 3 is 2.91 bits per heavy atom. The van der Waals surface area contributed by atoms with Gasteiger partial charge in [0.1, 0.15) is 0 Å². The zero-order valence-corrected chi connectivity index (χ0v) is 13.5. The Labute approximate surface area is 132 Å². The molecule has 0 aliphatic rings. The van der Waals surface area contributed by atoms with Crippen molar-refractivity contribution in [2.45, 2.75) is 11.6 Å². The van der Waals surface area contributed by atoms with E-state index in [1.807, 2.05) is 29.1 Å². The van der Waals surface area contributed by atoms with Crippen LogP contribution < -0.4 is 4.72 Å². The summed E-state index contributed by atoms with van der Waals surface area (Å²) in [4.78, 5) is 3.84. The maximum atomic E-state index is 12.0. The van der Waals surface area contributed by atoms with Gasteiger partial charge in [0.15, 0.2) is 5.03 Å². The summed E-state index contributed by atoms with van der Waals surface area (Å²) in [5.41, 5.74) is 1.95. The number of sulfonamides is 1. The minimum atomic E-state index is -3.57. The van der Waals surface area contributed by atoms with Crippen molar-refractivity contribution < 1.29 is 8.42 Å². The van der Waals surface area contributed by atoms with Gasteiger partial charge in [0.25, 0.3) is 10.0 Å². The lowest BCUT2D eigenvalue weighted by Gasteiger charge is -2.04. The molecule has 0 aliphatic carbocycles. The van der Waals surface area contributed by atoms with Gasteiger partial charge in [-0.05, 0) is 17.5 Å². The Kier molecular flexibility index (Phi) is 4.10. The molecule has 9 heteroatoms. The first-order chi connectivity index (χ1) is 10.5. The number of aromatic nitrogens is 4. The summed E-state index contributed by atoms with van der Waals surface area (Å²) in [6.45, 7) is 0.708. The molecule has 0 bridgehead atoms. The van der Waals surface area contributed by atoms with Crippen molar-refractivity contribution in [2.24, 2.45) is 7.05 Å². The maximum absolute atomic E-state index is 12.0. The fourth-order valence-electron chi connectivity index (χ4n) is 1.95. The van der Waals surface area contributed by atoms with Gasteiger partial charge < -0.3 is 4.57 Å². The third-order valence-electron chi connectivity index (χ3n) is 3.05. The lowest BCUT2D eigenvalue weighted by Crippen LogP contribution is -2.27. The Morgan fingerprint density at radius 2 is 2.23 bits per heavy atom. The van der Waals surface area contributed by atoms with Gasteiger partial charge in [-0.15, -0.1) is 0 Å². The SMILES string of the molecule is Cn1cnc(S(=O)(=O)NCCn2ccc(-c3ccsc3)n2)c1. The molecule has 0 saturated carbocycles. The van der Waals surface area contributed by atoms with E-state index in [0.29, 0.717) is 6.54 Å². The van der Waals surface area contributed by atoms with Crippen LogP contribution in [0.25, 0.3) is 11.3 Å². The number of hydrogen-bond donors (Lipinski definition) is 1. The Morgan fingerprint density at radius 1 is 1.36 bits per heavy atom. The molecule has 3 aromatic heterocycles. The van der Waals surface area contributed by atoms with Crippen LogP contribution in [0, 0.1) is 0 Å². The van der Waals surface area contributed by atoms with Crippen LogP contribution in [-0.2, 0) is 23.6 Å². The number of hydrogen-bond acceptors (Lipinski definition) is 5. The molecule has 116 valence electrons. The highest BCUT2D eigenvalue weighted by Gasteiger charge is 2.16. The second-order valence-electron chi connectivity index (χ2n) is 4.75. The average Bonchev–Trinajstić information content (AvgIpc) is 3.18. The summed E-state index contributed by atoms with van der Waals surface area (Å²) in [5, 5.41) is 8.46. The first kappa shape index (κ1) is 14.9. The van der Waals surface area contributed by atoms with Gasteiger partial charge in [0.2, 0.25) is 0 Å². The normalized spacial score (nSPS) is 11.9. The molecule has 0 atom stereocenters. The largest absolute Gasteiger partial charge is 0.339 e. The molecule has 0 spiro atoms. The molecule has 0 amide bonds. The van der Waals surface area contributed by atoms with Crippen molar-refractivity contribution in [2.75, 3.05) is 6.54 Å². The number of thiophene rings is 1. The molecule has 0 aromatic carbocycles. The fourth-order valence-corrected chi connectivity index (χ4v) is 3.60. The van der Waals surface area contributed by atoms with E-state index < -0.39 is 10.0 Å². The van der Waals surface area contributed by atoms with Crippen LogP contribution in [0.5, 0.6) is 0 Å². The highest BCUT2D eigenvalue weighted by atomic mass is 32.2. The molecule has 0 saturated heterocycles. The quantitative estimate of drug-likeness (QED) is 0.735. The predicted octanol–water partition coefficient (Wildman–Crippen LogP) is 1.32. The third kappa shape index (κ3) is 3.26. The van der Waals surface area contributed by atoms with Crippen LogP contribution in [0.15, 0.2) is 46.6 Å². The molecule has 3 aromatic rings. The third-order valence-corrected chi connectivity index (χ3v) is 5.08. The van der Waals surface area contributed by atoms with Crippen LogP contribution >= 0.6 is 11.3 Å². The molecule has 0 unspecified atom stereocenters. The van der Waals surface area contributed by atoms with E-state index in [-0.39, 0.29) is 11.6 Å². The molecule has 3 heterocycles. The summed E-state index contributed by atoms with van der Waals surface area (Å²) >= 11 is 1.61. The number of nitrogens with zero attached hydrogens (tertiary/aromatic N) is 4. The summed E-state index contributed by atoms with van der Waals surface area (Å²) in [7, 11) is -1.84. The molecule has 0 radical (unpaired) electrons. The number of rotatable bonds is 6. The maximum Gasteiger partial charge on any atom is 0.259 e. The van der Waals surface area contributed by atoms with Gasteiger partial charge in [-0.3, -0.25) is 4.68 Å². The molecule has 0 aliphatic heterocycles. The minimum Gasteiger partial charge on any atom is -0.339 e. The van der Waals surface area contributed by atoms with Crippen molar-refractivity contribution >= 4 is 21.4 Å². The first-order valence-electron chi connectivity index (χ1n) is 6.58. The van der Waals surface area contributed by atoms with E-state index in [9.17, 15) is 8.42 Å². The second-order valence-corrected chi connectivity index (χ2v) is 7.25. The number of imidazole rings is 1. The van der Waals surface area contributed by atoms with Crippen molar-refractivity contribution in [3.8, 4) is 11.3 Å². The lowest BCUT2D eigenvalue weighted by molar-refractivity contribution is 0.559. The van der Waals surface area contributed by atoms with Crippen LogP contribution in [-0.4, -0.2) is 34.3 Å². The second kappa shape index (κ2) is 6.03. The summed E-state index contributed by atoms with van der Waals surface area (Å²) in [6, 6.07) is 3.91. The summed E-state index contributed by atoms with van der Waals surface area (Å²) in [5.74, 6) is 0. The van der Waals surface area contributed by atoms with Crippen LogP contribution in [0.2, 0.25) is 0 Å². The van der Waals surface area contributed by atoms with Gasteiger partial charge in [-0.2, -0.15) is 16.4 Å². The van der Waals surface area contributed by atoms with E-state index in [0.717, 1.165) is 11.3 Å². The highest BCUT2D eigenvalue weighted by molar-refractivity contribution is 7.89. The van der Waals surface area contributed by atoms with Crippen molar-refractivity contribution in [1.29, 1.82) is 0 Å². The molecular formula is C13H15N5O2S2.